The number of hydrogen-bond acceptors (Lipinski definition) is 7. The van der Waals surface area contributed by atoms with Gasteiger partial charge in [0.15, 0.2) is 11.5 Å². The average Bonchev–Trinajstić information content (AvgIpc) is 3.42. The predicted octanol–water partition coefficient (Wildman–Crippen LogP) is 4.14. The van der Waals surface area contributed by atoms with Crippen LogP contribution in [0.4, 0.5) is 4.79 Å². The summed E-state index contributed by atoms with van der Waals surface area (Å²) in [6.07, 6.45) is 0.877. The van der Waals surface area contributed by atoms with Gasteiger partial charge in [-0.15, -0.1) is 0 Å². The molecule has 9 nitrogen and oxygen atoms in total. The van der Waals surface area contributed by atoms with E-state index in [4.69, 9.17) is 24.7 Å². The first-order valence-electron chi connectivity index (χ1n) is 11.9. The lowest BCUT2D eigenvalue weighted by Gasteiger charge is -2.29. The third-order valence-electron chi connectivity index (χ3n) is 6.27. The van der Waals surface area contributed by atoms with Gasteiger partial charge in [-0.05, 0) is 65.9 Å². The number of esters is 1. The summed E-state index contributed by atoms with van der Waals surface area (Å²) in [5.74, 6) is 0.726. The summed E-state index contributed by atoms with van der Waals surface area (Å²) in [6.45, 7) is 0.131. The van der Waals surface area contributed by atoms with Gasteiger partial charge in [0.1, 0.15) is 6.61 Å². The van der Waals surface area contributed by atoms with E-state index in [9.17, 15) is 9.59 Å². The third-order valence-corrected chi connectivity index (χ3v) is 6.27. The molecule has 1 unspecified atom stereocenters. The number of carbonyl (C=O) groups is 2. The van der Waals surface area contributed by atoms with Gasteiger partial charge in [-0.2, -0.15) is 10.5 Å². The van der Waals surface area contributed by atoms with Gasteiger partial charge < -0.3 is 24.8 Å². The first-order valence-corrected chi connectivity index (χ1v) is 11.9. The molecule has 0 spiro atoms. The highest BCUT2D eigenvalue weighted by Gasteiger charge is 2.33. The predicted molar refractivity (Wildman–Crippen MR) is 134 cm³/mol. The Morgan fingerprint density at radius 2 is 1.71 bits per heavy atom. The second-order valence-electron chi connectivity index (χ2n) is 8.73. The summed E-state index contributed by atoms with van der Waals surface area (Å²) in [6, 6.07) is 22.0. The van der Waals surface area contributed by atoms with E-state index in [1.54, 1.807) is 48.5 Å². The van der Waals surface area contributed by atoms with E-state index in [1.807, 2.05) is 18.2 Å². The van der Waals surface area contributed by atoms with Gasteiger partial charge in [-0.3, -0.25) is 0 Å². The van der Waals surface area contributed by atoms with E-state index in [0.29, 0.717) is 52.3 Å². The van der Waals surface area contributed by atoms with E-state index in [2.05, 4.69) is 22.8 Å². The fraction of sp³-hybridized carbons (Fsp3) is 0.172. The number of ether oxygens (including phenoxy) is 3. The lowest BCUT2D eigenvalue weighted by molar-refractivity contribution is -0.140. The second kappa shape index (κ2) is 10.8. The number of nitriles is 2. The van der Waals surface area contributed by atoms with Crippen molar-refractivity contribution in [2.45, 2.75) is 25.5 Å². The Labute approximate surface area is 218 Å². The molecule has 0 saturated heterocycles. The molecule has 2 amide bonds. The number of nitrogens with zero attached hydrogens (tertiary/aromatic N) is 2. The van der Waals surface area contributed by atoms with Crippen LogP contribution < -0.4 is 20.1 Å². The zero-order chi connectivity index (χ0) is 26.5. The summed E-state index contributed by atoms with van der Waals surface area (Å²) >= 11 is 0. The second-order valence-corrected chi connectivity index (χ2v) is 8.73. The van der Waals surface area contributed by atoms with Gasteiger partial charge in [0.25, 0.3) is 0 Å². The van der Waals surface area contributed by atoms with Crippen LogP contribution in [0.15, 0.2) is 78.0 Å². The largest absolute Gasteiger partial charge is 0.457 e. The van der Waals surface area contributed by atoms with E-state index in [-0.39, 0.29) is 19.0 Å². The molecule has 188 valence electrons. The maximum absolute atomic E-state index is 13.5. The number of benzene rings is 3. The molecule has 5 rings (SSSR count). The first kappa shape index (κ1) is 24.4. The van der Waals surface area contributed by atoms with Gasteiger partial charge in [0, 0.05) is 5.70 Å². The molecule has 0 aromatic heterocycles. The van der Waals surface area contributed by atoms with Crippen LogP contribution in [0.2, 0.25) is 0 Å². The number of amides is 2. The number of fused-ring (bicyclic) bond motifs is 1. The van der Waals surface area contributed by atoms with Crippen molar-refractivity contribution in [1.82, 2.24) is 10.6 Å². The summed E-state index contributed by atoms with van der Waals surface area (Å²) < 4.78 is 16.5. The van der Waals surface area contributed by atoms with Gasteiger partial charge in [-0.25, -0.2) is 9.59 Å². The van der Waals surface area contributed by atoms with Crippen LogP contribution in [0.1, 0.15) is 40.3 Å². The molecule has 3 aromatic rings. The van der Waals surface area contributed by atoms with Crippen molar-refractivity contribution in [2.75, 3.05) is 6.79 Å². The fourth-order valence-electron chi connectivity index (χ4n) is 4.38. The van der Waals surface area contributed by atoms with Crippen LogP contribution in [0.25, 0.3) is 0 Å². The molecule has 0 fully saturated rings. The maximum Gasteiger partial charge on any atom is 0.338 e. The van der Waals surface area contributed by atoms with E-state index >= 15 is 0 Å². The molecule has 2 aliphatic heterocycles. The maximum atomic E-state index is 13.5. The minimum absolute atomic E-state index is 0.0403. The van der Waals surface area contributed by atoms with E-state index in [0.717, 1.165) is 5.56 Å². The number of hydrogen-bond donors (Lipinski definition) is 2. The molecule has 3 aromatic carbocycles. The van der Waals surface area contributed by atoms with Crippen LogP contribution in [0, 0.1) is 22.7 Å². The van der Waals surface area contributed by atoms with Crippen molar-refractivity contribution in [2.24, 2.45) is 0 Å². The molecule has 0 bridgehead atoms. The zero-order valence-electron chi connectivity index (χ0n) is 20.2. The number of nitrogens with one attached hydrogen (secondary N) is 2. The van der Waals surface area contributed by atoms with Crippen molar-refractivity contribution in [1.29, 1.82) is 10.5 Å². The Balaban J connectivity index is 1.44. The Hall–Kier alpha value is -5.28. The molecular weight excluding hydrogens is 484 g/mol. The Bertz CT molecular complexity index is 1520. The Kier molecular flexibility index (Phi) is 6.92. The lowest BCUT2D eigenvalue weighted by atomic mass is 9.92. The minimum Gasteiger partial charge on any atom is -0.457 e. The van der Waals surface area contributed by atoms with Crippen molar-refractivity contribution in [3.63, 3.8) is 0 Å². The first-order chi connectivity index (χ1) is 18.5. The number of carbonyl (C=O) groups excluding carboxylic acids is 2. The van der Waals surface area contributed by atoms with Crippen LogP contribution in [-0.4, -0.2) is 18.8 Å². The fourth-order valence-corrected chi connectivity index (χ4v) is 4.38. The van der Waals surface area contributed by atoms with Gasteiger partial charge in [0.05, 0.1) is 34.9 Å². The van der Waals surface area contributed by atoms with Crippen molar-refractivity contribution in [3.05, 3.63) is 106 Å². The van der Waals surface area contributed by atoms with Crippen molar-refractivity contribution in [3.8, 4) is 23.6 Å². The summed E-state index contributed by atoms with van der Waals surface area (Å²) in [5.41, 5.74) is 3.89. The highest BCUT2D eigenvalue weighted by molar-refractivity contribution is 5.95. The number of urea groups is 1. The topological polar surface area (TPSA) is 133 Å². The van der Waals surface area contributed by atoms with Crippen LogP contribution >= 0.6 is 0 Å². The highest BCUT2D eigenvalue weighted by atomic mass is 16.7. The molecule has 0 aliphatic carbocycles. The lowest BCUT2D eigenvalue weighted by Crippen LogP contribution is -2.46. The number of rotatable bonds is 7. The normalized spacial score (nSPS) is 15.6. The van der Waals surface area contributed by atoms with Crippen molar-refractivity contribution >= 4 is 12.0 Å². The van der Waals surface area contributed by atoms with E-state index < -0.39 is 18.0 Å². The monoisotopic (exact) mass is 506 g/mol. The minimum atomic E-state index is -0.777. The number of aryl methyl sites for hydroxylation is 1. The summed E-state index contributed by atoms with van der Waals surface area (Å²) in [7, 11) is 0. The molecule has 38 heavy (non-hydrogen) atoms. The van der Waals surface area contributed by atoms with E-state index in [1.165, 1.54) is 0 Å². The van der Waals surface area contributed by atoms with Gasteiger partial charge in [0.2, 0.25) is 6.79 Å². The smallest absolute Gasteiger partial charge is 0.338 e. The van der Waals surface area contributed by atoms with Gasteiger partial charge >= 0.3 is 12.0 Å². The average molecular weight is 507 g/mol. The summed E-state index contributed by atoms with van der Waals surface area (Å²) in [5, 5.41) is 23.9. The standard InChI is InChI=1S/C29H22N4O5/c30-14-19-4-8-22(9-5-19)27-26(28(34)36-16-21-3-1-2-20(12-21)15-31)23(32-29(35)33-27)10-6-18-7-11-24-25(13-18)38-17-37-24/h1-5,7-9,11-13,27H,6,10,16-17H2,(H2,32,33,35). The molecular formula is C29H22N4O5. The van der Waals surface area contributed by atoms with Crippen LogP contribution in [0.3, 0.4) is 0 Å². The van der Waals surface area contributed by atoms with Crippen LogP contribution in [0.5, 0.6) is 11.5 Å². The van der Waals surface area contributed by atoms with Crippen molar-refractivity contribution < 1.29 is 23.8 Å². The zero-order valence-corrected chi connectivity index (χ0v) is 20.2. The molecule has 0 radical (unpaired) electrons. The Morgan fingerprint density at radius 1 is 0.921 bits per heavy atom. The molecule has 9 heteroatoms. The number of allylic oxidation sites excluding steroid dienone is 1. The molecule has 2 aliphatic rings. The van der Waals surface area contributed by atoms with Gasteiger partial charge in [-0.1, -0.05) is 30.3 Å². The molecule has 2 N–H and O–H groups in total. The SMILES string of the molecule is N#Cc1ccc(C2NC(=O)NC(CCc3ccc4c(c3)OCO4)=C2C(=O)OCc2cccc(C#N)c2)cc1. The molecule has 0 saturated carbocycles. The Morgan fingerprint density at radius 3 is 2.50 bits per heavy atom. The quantitative estimate of drug-likeness (QED) is 0.460. The third kappa shape index (κ3) is 5.28. The summed E-state index contributed by atoms with van der Waals surface area (Å²) in [4.78, 5) is 26.1. The molecule has 1 atom stereocenters. The van der Waals surface area contributed by atoms with Crippen LogP contribution in [-0.2, 0) is 22.6 Å². The highest BCUT2D eigenvalue weighted by Crippen LogP contribution is 2.34. The molecule has 2 heterocycles.